The fraction of sp³-hybridized carbons (Fsp3) is 0.524. The molecule has 6 nitrogen and oxygen atoms in total. The van der Waals surface area contributed by atoms with E-state index in [1.54, 1.807) is 0 Å². The van der Waals surface area contributed by atoms with Crippen LogP contribution >= 0.6 is 0 Å². The molecule has 2 aliphatic rings. The SMILES string of the molecule is CN(C)C1CN[C@H](Cn2nc([C@@H]3CCc4ccccc4C3)c(C#N)c2N)C1. The molecule has 0 bridgehead atoms. The van der Waals surface area contributed by atoms with Crippen LogP contribution in [0.25, 0.3) is 0 Å². The zero-order valence-corrected chi connectivity index (χ0v) is 16.2. The van der Waals surface area contributed by atoms with Crippen LogP contribution in [-0.2, 0) is 19.4 Å². The summed E-state index contributed by atoms with van der Waals surface area (Å²) in [5.41, 5.74) is 10.6. The molecular formula is C21H28N6. The molecule has 142 valence electrons. The Morgan fingerprint density at radius 1 is 1.33 bits per heavy atom. The predicted molar refractivity (Wildman–Crippen MR) is 106 cm³/mol. The van der Waals surface area contributed by atoms with Crippen molar-refractivity contribution in [2.45, 2.75) is 50.2 Å². The maximum absolute atomic E-state index is 9.71. The molecule has 0 radical (unpaired) electrons. The summed E-state index contributed by atoms with van der Waals surface area (Å²) in [7, 11) is 4.23. The molecule has 1 aromatic heterocycles. The molecule has 27 heavy (non-hydrogen) atoms. The lowest BCUT2D eigenvalue weighted by molar-refractivity contribution is 0.306. The fourth-order valence-electron chi connectivity index (χ4n) is 4.50. The second kappa shape index (κ2) is 7.34. The van der Waals surface area contributed by atoms with Crippen LogP contribution < -0.4 is 11.1 Å². The fourth-order valence-corrected chi connectivity index (χ4v) is 4.50. The topological polar surface area (TPSA) is 82.9 Å². The van der Waals surface area contributed by atoms with E-state index in [-0.39, 0.29) is 5.92 Å². The zero-order chi connectivity index (χ0) is 19.0. The quantitative estimate of drug-likeness (QED) is 0.866. The van der Waals surface area contributed by atoms with Crippen molar-refractivity contribution in [3.63, 3.8) is 0 Å². The highest BCUT2D eigenvalue weighted by molar-refractivity contribution is 5.54. The summed E-state index contributed by atoms with van der Waals surface area (Å²) in [6.45, 7) is 1.70. The second-order valence-corrected chi connectivity index (χ2v) is 8.11. The summed E-state index contributed by atoms with van der Waals surface area (Å²) in [4.78, 5) is 2.26. The molecule has 6 heteroatoms. The largest absolute Gasteiger partial charge is 0.383 e. The standard InChI is InChI=1S/C21H28N6/c1-26(2)18-10-17(24-12-18)13-27-21(23)19(11-22)20(25-27)16-8-7-14-5-3-4-6-15(14)9-16/h3-6,16-18,24H,7-10,12-13,23H2,1-2H3/t16-,17+,18?/m1/s1. The van der Waals surface area contributed by atoms with Gasteiger partial charge in [0.1, 0.15) is 17.5 Å². The van der Waals surface area contributed by atoms with Gasteiger partial charge in [-0.2, -0.15) is 10.4 Å². The molecule has 3 atom stereocenters. The number of aryl methyl sites for hydroxylation is 1. The first-order chi connectivity index (χ1) is 13.1. The monoisotopic (exact) mass is 364 g/mol. The third-order valence-electron chi connectivity index (χ3n) is 6.19. The van der Waals surface area contributed by atoms with Gasteiger partial charge in [0.15, 0.2) is 0 Å². The van der Waals surface area contributed by atoms with Gasteiger partial charge < -0.3 is 16.0 Å². The van der Waals surface area contributed by atoms with Crippen molar-refractivity contribution in [1.29, 1.82) is 5.26 Å². The summed E-state index contributed by atoms with van der Waals surface area (Å²) in [6, 6.07) is 11.8. The van der Waals surface area contributed by atoms with Gasteiger partial charge in [-0.3, -0.25) is 0 Å². The van der Waals surface area contributed by atoms with Crippen LogP contribution in [0.4, 0.5) is 5.82 Å². The Bertz CT molecular complexity index is 862. The molecule has 4 rings (SSSR count). The van der Waals surface area contributed by atoms with Gasteiger partial charge in [-0.25, -0.2) is 4.68 Å². The maximum atomic E-state index is 9.71. The number of nitrogen functional groups attached to an aromatic ring is 1. The molecule has 1 fully saturated rings. The minimum atomic E-state index is 0.268. The zero-order valence-electron chi connectivity index (χ0n) is 16.2. The van der Waals surface area contributed by atoms with E-state index in [0.29, 0.717) is 30.0 Å². The number of fused-ring (bicyclic) bond motifs is 1. The lowest BCUT2D eigenvalue weighted by atomic mass is 9.81. The van der Waals surface area contributed by atoms with E-state index in [4.69, 9.17) is 10.8 Å². The highest BCUT2D eigenvalue weighted by atomic mass is 15.3. The maximum Gasteiger partial charge on any atom is 0.140 e. The second-order valence-electron chi connectivity index (χ2n) is 8.11. The van der Waals surface area contributed by atoms with Gasteiger partial charge in [-0.15, -0.1) is 0 Å². The van der Waals surface area contributed by atoms with Crippen LogP contribution in [0.1, 0.15) is 41.1 Å². The normalized spacial score (nSPS) is 24.7. The first-order valence-corrected chi connectivity index (χ1v) is 9.79. The molecule has 1 aromatic carbocycles. The summed E-state index contributed by atoms with van der Waals surface area (Å²) in [6.07, 6.45) is 4.06. The lowest BCUT2D eigenvalue weighted by Gasteiger charge is -2.23. The van der Waals surface area contributed by atoms with E-state index < -0.39 is 0 Å². The van der Waals surface area contributed by atoms with Gasteiger partial charge in [0.05, 0.1) is 12.2 Å². The molecule has 2 heterocycles. The van der Waals surface area contributed by atoms with Gasteiger partial charge in [0.25, 0.3) is 0 Å². The molecular weight excluding hydrogens is 336 g/mol. The number of hydrogen-bond acceptors (Lipinski definition) is 5. The van der Waals surface area contributed by atoms with Gasteiger partial charge in [0, 0.05) is 24.5 Å². The van der Waals surface area contributed by atoms with E-state index in [9.17, 15) is 5.26 Å². The van der Waals surface area contributed by atoms with E-state index in [2.05, 4.69) is 54.6 Å². The Morgan fingerprint density at radius 3 is 2.81 bits per heavy atom. The number of nitrogens with one attached hydrogen (secondary N) is 1. The number of aromatic nitrogens is 2. The Morgan fingerprint density at radius 2 is 2.11 bits per heavy atom. The third-order valence-corrected chi connectivity index (χ3v) is 6.19. The summed E-state index contributed by atoms with van der Waals surface area (Å²) >= 11 is 0. The smallest absolute Gasteiger partial charge is 0.140 e. The van der Waals surface area contributed by atoms with Crippen LogP contribution in [0.2, 0.25) is 0 Å². The number of benzene rings is 1. The molecule has 1 aliphatic carbocycles. The minimum Gasteiger partial charge on any atom is -0.383 e. The molecule has 3 N–H and O–H groups in total. The number of nitriles is 1. The van der Waals surface area contributed by atoms with E-state index >= 15 is 0 Å². The van der Waals surface area contributed by atoms with Crippen LogP contribution in [0.5, 0.6) is 0 Å². The lowest BCUT2D eigenvalue weighted by Crippen LogP contribution is -2.29. The number of nitrogens with two attached hydrogens (primary N) is 1. The van der Waals surface area contributed by atoms with Crippen LogP contribution in [0, 0.1) is 11.3 Å². The van der Waals surface area contributed by atoms with Crippen molar-refractivity contribution < 1.29 is 0 Å². The van der Waals surface area contributed by atoms with E-state index in [1.807, 2.05) is 4.68 Å². The Balaban J connectivity index is 1.55. The van der Waals surface area contributed by atoms with E-state index in [0.717, 1.165) is 37.9 Å². The minimum absolute atomic E-state index is 0.268. The summed E-state index contributed by atoms with van der Waals surface area (Å²) in [5, 5.41) is 18.1. The van der Waals surface area contributed by atoms with E-state index in [1.165, 1.54) is 11.1 Å². The number of hydrogen-bond donors (Lipinski definition) is 2. The highest BCUT2D eigenvalue weighted by Gasteiger charge is 2.30. The molecule has 1 saturated heterocycles. The van der Waals surface area contributed by atoms with Crippen LogP contribution in [0.15, 0.2) is 24.3 Å². The molecule has 1 aliphatic heterocycles. The Hall–Kier alpha value is -2.36. The van der Waals surface area contributed by atoms with Crippen molar-refractivity contribution >= 4 is 5.82 Å². The number of rotatable bonds is 4. The van der Waals surface area contributed by atoms with Crippen molar-refractivity contribution in [2.24, 2.45) is 0 Å². The Kier molecular flexibility index (Phi) is 4.90. The summed E-state index contributed by atoms with van der Waals surface area (Å²) in [5.74, 6) is 0.783. The first-order valence-electron chi connectivity index (χ1n) is 9.79. The third kappa shape index (κ3) is 3.45. The number of nitrogens with zero attached hydrogens (tertiary/aromatic N) is 4. The van der Waals surface area contributed by atoms with Gasteiger partial charge in [0.2, 0.25) is 0 Å². The highest BCUT2D eigenvalue weighted by Crippen LogP contribution is 2.35. The van der Waals surface area contributed by atoms with Crippen molar-refractivity contribution in [1.82, 2.24) is 20.0 Å². The predicted octanol–water partition coefficient (Wildman–Crippen LogP) is 1.90. The van der Waals surface area contributed by atoms with Gasteiger partial charge in [-0.1, -0.05) is 24.3 Å². The van der Waals surface area contributed by atoms with Crippen LogP contribution in [-0.4, -0.2) is 47.4 Å². The van der Waals surface area contributed by atoms with Gasteiger partial charge in [-0.05, 0) is 50.9 Å². The summed E-state index contributed by atoms with van der Waals surface area (Å²) < 4.78 is 1.85. The number of likely N-dealkylation sites (N-methyl/N-ethyl adjacent to an activating group) is 1. The molecule has 2 aromatic rings. The van der Waals surface area contributed by atoms with Crippen molar-refractivity contribution in [3.8, 4) is 6.07 Å². The van der Waals surface area contributed by atoms with Crippen molar-refractivity contribution in [3.05, 3.63) is 46.6 Å². The molecule has 0 saturated carbocycles. The first kappa shape index (κ1) is 18.0. The molecule has 0 spiro atoms. The Labute approximate surface area is 161 Å². The average Bonchev–Trinajstić information content (AvgIpc) is 3.27. The molecule has 1 unspecified atom stereocenters. The average molecular weight is 364 g/mol. The van der Waals surface area contributed by atoms with Gasteiger partial charge >= 0.3 is 0 Å². The molecule has 0 amide bonds. The number of anilines is 1. The van der Waals surface area contributed by atoms with Crippen molar-refractivity contribution in [2.75, 3.05) is 26.4 Å². The van der Waals surface area contributed by atoms with Crippen LogP contribution in [0.3, 0.4) is 0 Å².